The molecule has 1 aliphatic heterocycles. The van der Waals surface area contributed by atoms with E-state index >= 15 is 0 Å². The number of carbonyl (C=O) groups is 1. The molecule has 0 atom stereocenters. The molecular weight excluding hydrogens is 529 g/mol. The van der Waals surface area contributed by atoms with Crippen LogP contribution in [-0.2, 0) is 4.79 Å². The Balaban J connectivity index is 0.00000385. The predicted octanol–water partition coefficient (Wildman–Crippen LogP) is 3.37. The Morgan fingerprint density at radius 1 is 1.06 bits per heavy atom. The molecule has 1 amide bonds. The van der Waals surface area contributed by atoms with Gasteiger partial charge in [-0.05, 0) is 74.6 Å². The summed E-state index contributed by atoms with van der Waals surface area (Å²) in [5.74, 6) is 1.66. The normalized spacial score (nSPS) is 15.1. The Morgan fingerprint density at radius 2 is 1.76 bits per heavy atom. The second-order valence-electron chi connectivity index (χ2n) is 8.36. The third-order valence-corrected chi connectivity index (χ3v) is 6.01. The van der Waals surface area contributed by atoms with Crippen LogP contribution >= 0.6 is 24.0 Å². The standard InChI is InChI=1S/C25H37N5O2.HI/c1-27-25(28-13-4-5-15-30-16-11-21(12-17-30)24(26)31)29-14-6-18-32-23-10-9-20-7-2-3-8-22(20)19-23;/h2-3,7-10,19,21H,4-6,11-18H2,1H3,(H2,26,31)(H2,27,28,29);1H. The largest absolute Gasteiger partial charge is 0.494 e. The highest BCUT2D eigenvalue weighted by Crippen LogP contribution is 2.20. The average Bonchev–Trinajstić information content (AvgIpc) is 2.82. The van der Waals surface area contributed by atoms with Crippen molar-refractivity contribution in [1.82, 2.24) is 15.5 Å². The van der Waals surface area contributed by atoms with Crippen LogP contribution in [0.15, 0.2) is 47.5 Å². The van der Waals surface area contributed by atoms with E-state index in [2.05, 4.69) is 44.8 Å². The summed E-state index contributed by atoms with van der Waals surface area (Å²) in [5.41, 5.74) is 5.40. The van der Waals surface area contributed by atoms with E-state index in [0.29, 0.717) is 6.61 Å². The zero-order valence-electron chi connectivity index (χ0n) is 19.6. The van der Waals surface area contributed by atoms with Crippen LogP contribution in [-0.4, -0.2) is 63.1 Å². The van der Waals surface area contributed by atoms with E-state index in [1.54, 1.807) is 7.05 Å². The molecule has 3 rings (SSSR count). The monoisotopic (exact) mass is 567 g/mol. The first-order valence-electron chi connectivity index (χ1n) is 11.7. The lowest BCUT2D eigenvalue weighted by Crippen LogP contribution is -2.40. The molecule has 4 N–H and O–H groups in total. The van der Waals surface area contributed by atoms with E-state index in [4.69, 9.17) is 10.5 Å². The number of piperidine rings is 1. The molecule has 0 bridgehead atoms. The van der Waals surface area contributed by atoms with Crippen LogP contribution in [0, 0.1) is 5.92 Å². The molecule has 0 radical (unpaired) electrons. The van der Waals surface area contributed by atoms with Crippen molar-refractivity contribution < 1.29 is 9.53 Å². The fourth-order valence-corrected chi connectivity index (χ4v) is 4.06. The summed E-state index contributed by atoms with van der Waals surface area (Å²) in [7, 11) is 1.80. The van der Waals surface area contributed by atoms with Crippen molar-refractivity contribution in [2.24, 2.45) is 16.6 Å². The summed E-state index contributed by atoms with van der Waals surface area (Å²) in [6.07, 6.45) is 4.91. The van der Waals surface area contributed by atoms with E-state index in [9.17, 15) is 4.79 Å². The number of benzene rings is 2. The fourth-order valence-electron chi connectivity index (χ4n) is 4.06. The van der Waals surface area contributed by atoms with Gasteiger partial charge in [0.15, 0.2) is 5.96 Å². The van der Waals surface area contributed by atoms with Crippen LogP contribution in [0.2, 0.25) is 0 Å². The molecule has 1 heterocycles. The van der Waals surface area contributed by atoms with Crippen molar-refractivity contribution in [3.05, 3.63) is 42.5 Å². The highest BCUT2D eigenvalue weighted by atomic mass is 127. The number of rotatable bonds is 11. The molecule has 1 aliphatic rings. The van der Waals surface area contributed by atoms with Crippen LogP contribution in [0.5, 0.6) is 5.75 Å². The number of nitrogens with zero attached hydrogens (tertiary/aromatic N) is 2. The number of amides is 1. The van der Waals surface area contributed by atoms with Crippen molar-refractivity contribution in [2.75, 3.05) is 46.4 Å². The van der Waals surface area contributed by atoms with Gasteiger partial charge in [0.2, 0.25) is 5.91 Å². The molecule has 1 saturated heterocycles. The van der Waals surface area contributed by atoms with Gasteiger partial charge in [-0.2, -0.15) is 0 Å². The lowest BCUT2D eigenvalue weighted by Gasteiger charge is -2.30. The van der Waals surface area contributed by atoms with E-state index in [1.807, 2.05) is 18.2 Å². The SMILES string of the molecule is CN=C(NCCCCN1CCC(C(N)=O)CC1)NCCCOc1ccc2ccccc2c1.I. The quantitative estimate of drug-likeness (QED) is 0.168. The Kier molecular flexibility index (Phi) is 12.3. The topological polar surface area (TPSA) is 92.0 Å². The number of guanidine groups is 1. The molecule has 2 aromatic carbocycles. The maximum Gasteiger partial charge on any atom is 0.220 e. The van der Waals surface area contributed by atoms with Gasteiger partial charge >= 0.3 is 0 Å². The van der Waals surface area contributed by atoms with Gasteiger partial charge < -0.3 is 26.0 Å². The van der Waals surface area contributed by atoms with Crippen LogP contribution in [0.25, 0.3) is 10.8 Å². The predicted molar refractivity (Wildman–Crippen MR) is 146 cm³/mol. The van der Waals surface area contributed by atoms with Gasteiger partial charge in [0, 0.05) is 26.1 Å². The second-order valence-corrected chi connectivity index (χ2v) is 8.36. The molecule has 0 saturated carbocycles. The first-order valence-corrected chi connectivity index (χ1v) is 11.7. The number of hydrogen-bond donors (Lipinski definition) is 3. The number of hydrogen-bond acceptors (Lipinski definition) is 4. The smallest absolute Gasteiger partial charge is 0.220 e. The van der Waals surface area contributed by atoms with Crippen molar-refractivity contribution >= 4 is 46.6 Å². The van der Waals surface area contributed by atoms with Crippen LogP contribution < -0.4 is 21.1 Å². The number of nitrogens with two attached hydrogens (primary N) is 1. The number of nitrogens with one attached hydrogen (secondary N) is 2. The summed E-state index contributed by atoms with van der Waals surface area (Å²) in [4.78, 5) is 18.0. The van der Waals surface area contributed by atoms with Crippen LogP contribution in [0.4, 0.5) is 0 Å². The molecule has 182 valence electrons. The number of fused-ring (bicyclic) bond motifs is 1. The molecule has 0 unspecified atom stereocenters. The maximum atomic E-state index is 11.2. The number of carbonyl (C=O) groups excluding carboxylic acids is 1. The van der Waals surface area contributed by atoms with E-state index < -0.39 is 0 Å². The molecule has 7 nitrogen and oxygen atoms in total. The second kappa shape index (κ2) is 15.0. The maximum absolute atomic E-state index is 11.2. The molecule has 0 aliphatic carbocycles. The Bertz CT molecular complexity index is 884. The summed E-state index contributed by atoms with van der Waals surface area (Å²) < 4.78 is 5.89. The molecular formula is C25H38IN5O2. The molecule has 2 aromatic rings. The van der Waals surface area contributed by atoms with Gasteiger partial charge in [0.25, 0.3) is 0 Å². The highest BCUT2D eigenvalue weighted by molar-refractivity contribution is 14.0. The Labute approximate surface area is 214 Å². The zero-order chi connectivity index (χ0) is 22.6. The van der Waals surface area contributed by atoms with Crippen LogP contribution in [0.1, 0.15) is 32.1 Å². The Morgan fingerprint density at radius 3 is 2.45 bits per heavy atom. The van der Waals surface area contributed by atoms with Crippen molar-refractivity contribution in [2.45, 2.75) is 32.1 Å². The number of primary amides is 1. The first kappa shape index (κ1) is 27.2. The minimum absolute atomic E-state index is 0. The lowest BCUT2D eigenvalue weighted by molar-refractivity contribution is -0.123. The number of likely N-dealkylation sites (tertiary alicyclic amines) is 1. The van der Waals surface area contributed by atoms with Gasteiger partial charge in [-0.25, -0.2) is 0 Å². The van der Waals surface area contributed by atoms with Crippen molar-refractivity contribution in [1.29, 1.82) is 0 Å². The summed E-state index contributed by atoms with van der Waals surface area (Å²) in [6.45, 7) is 5.39. The van der Waals surface area contributed by atoms with E-state index in [-0.39, 0.29) is 35.8 Å². The number of aliphatic imine (C=N–C) groups is 1. The fraction of sp³-hybridized carbons (Fsp3) is 0.520. The van der Waals surface area contributed by atoms with Gasteiger partial charge in [-0.3, -0.25) is 9.79 Å². The summed E-state index contributed by atoms with van der Waals surface area (Å²) >= 11 is 0. The highest BCUT2D eigenvalue weighted by Gasteiger charge is 2.22. The summed E-state index contributed by atoms with van der Waals surface area (Å²) in [6, 6.07) is 14.5. The van der Waals surface area contributed by atoms with Gasteiger partial charge in [-0.15, -0.1) is 24.0 Å². The molecule has 33 heavy (non-hydrogen) atoms. The van der Waals surface area contributed by atoms with Gasteiger partial charge in [0.1, 0.15) is 5.75 Å². The summed E-state index contributed by atoms with van der Waals surface area (Å²) in [5, 5.41) is 9.15. The molecule has 0 aromatic heterocycles. The molecule has 1 fully saturated rings. The minimum Gasteiger partial charge on any atom is -0.494 e. The average molecular weight is 568 g/mol. The van der Waals surface area contributed by atoms with E-state index in [1.165, 1.54) is 10.8 Å². The van der Waals surface area contributed by atoms with Crippen LogP contribution in [0.3, 0.4) is 0 Å². The Hall–Kier alpha value is -2.07. The first-order chi connectivity index (χ1) is 15.7. The lowest BCUT2D eigenvalue weighted by atomic mass is 9.96. The van der Waals surface area contributed by atoms with Gasteiger partial charge in [-0.1, -0.05) is 30.3 Å². The third-order valence-electron chi connectivity index (χ3n) is 6.01. The molecule has 0 spiro atoms. The minimum atomic E-state index is -0.145. The number of unbranched alkanes of at least 4 members (excludes halogenated alkanes) is 1. The third kappa shape index (κ3) is 9.37. The van der Waals surface area contributed by atoms with E-state index in [0.717, 1.165) is 76.5 Å². The van der Waals surface area contributed by atoms with Crippen molar-refractivity contribution in [3.63, 3.8) is 0 Å². The number of ether oxygens (including phenoxy) is 1. The number of halogens is 1. The van der Waals surface area contributed by atoms with Gasteiger partial charge in [0.05, 0.1) is 6.61 Å². The zero-order valence-corrected chi connectivity index (χ0v) is 21.9. The van der Waals surface area contributed by atoms with Crippen molar-refractivity contribution in [3.8, 4) is 5.75 Å². The molecule has 8 heteroatoms.